The first kappa shape index (κ1) is 31.0. The van der Waals surface area contributed by atoms with Crippen molar-refractivity contribution in [3.05, 3.63) is 89.4 Å². The standard InChI is InChI=1S/C30H36ClN3O5S/c1-4-6-19-32-30(36)28(5-2)33(21-23-13-10-11-18-27(23)31)29(35)22-34(24-14-12-15-25(20-24)39-3)40(37,38)26-16-8-7-9-17-26/h7-18,20,28H,4-6,19,21-22H2,1-3H3,(H,32,36)/t28-/m1/s1. The fourth-order valence-corrected chi connectivity index (χ4v) is 5.87. The molecule has 0 radical (unpaired) electrons. The molecule has 0 unspecified atom stereocenters. The Kier molecular flexibility index (Phi) is 11.4. The van der Waals surface area contributed by atoms with Crippen LogP contribution in [0.4, 0.5) is 5.69 Å². The number of anilines is 1. The van der Waals surface area contributed by atoms with Crippen LogP contribution in [0.2, 0.25) is 5.02 Å². The number of ether oxygens (including phenoxy) is 1. The van der Waals surface area contributed by atoms with Gasteiger partial charge in [0.25, 0.3) is 10.0 Å². The minimum atomic E-state index is -4.16. The number of sulfonamides is 1. The van der Waals surface area contributed by atoms with Gasteiger partial charge in [-0.05, 0) is 48.7 Å². The fourth-order valence-electron chi connectivity index (χ4n) is 4.25. The van der Waals surface area contributed by atoms with Crippen molar-refractivity contribution in [1.29, 1.82) is 0 Å². The van der Waals surface area contributed by atoms with Crippen LogP contribution in [0.5, 0.6) is 5.75 Å². The van der Waals surface area contributed by atoms with Crippen LogP contribution >= 0.6 is 11.6 Å². The highest BCUT2D eigenvalue weighted by Gasteiger charge is 2.34. The third-order valence-electron chi connectivity index (χ3n) is 6.47. The normalized spacial score (nSPS) is 11.9. The van der Waals surface area contributed by atoms with Crippen molar-refractivity contribution in [2.75, 3.05) is 24.5 Å². The Labute approximate surface area is 241 Å². The number of halogens is 1. The van der Waals surface area contributed by atoms with E-state index in [-0.39, 0.29) is 23.0 Å². The number of unbranched alkanes of at least 4 members (excludes halogenated alkanes) is 1. The number of hydrogen-bond acceptors (Lipinski definition) is 5. The molecule has 0 saturated carbocycles. The van der Waals surface area contributed by atoms with Gasteiger partial charge in [0.1, 0.15) is 18.3 Å². The van der Waals surface area contributed by atoms with Gasteiger partial charge in [-0.25, -0.2) is 8.42 Å². The molecule has 0 aromatic heterocycles. The Morgan fingerprint density at radius 3 is 2.33 bits per heavy atom. The van der Waals surface area contributed by atoms with E-state index in [9.17, 15) is 18.0 Å². The van der Waals surface area contributed by atoms with Crippen LogP contribution in [0.25, 0.3) is 0 Å². The van der Waals surface area contributed by atoms with Crippen LogP contribution in [-0.4, -0.2) is 51.4 Å². The number of rotatable bonds is 14. The first-order valence-corrected chi connectivity index (χ1v) is 15.1. The molecule has 8 nitrogen and oxygen atoms in total. The van der Waals surface area contributed by atoms with Gasteiger partial charge in [-0.1, -0.05) is 74.3 Å². The Morgan fingerprint density at radius 2 is 1.68 bits per heavy atom. The lowest BCUT2D eigenvalue weighted by Gasteiger charge is -2.33. The van der Waals surface area contributed by atoms with Crippen LogP contribution in [0.1, 0.15) is 38.7 Å². The average Bonchev–Trinajstić information content (AvgIpc) is 2.97. The smallest absolute Gasteiger partial charge is 0.264 e. The summed E-state index contributed by atoms with van der Waals surface area (Å²) in [5.41, 5.74) is 0.908. The monoisotopic (exact) mass is 585 g/mol. The minimum absolute atomic E-state index is 0.0348. The van der Waals surface area contributed by atoms with Gasteiger partial charge < -0.3 is 15.0 Å². The van der Waals surface area contributed by atoms with Crippen LogP contribution in [-0.2, 0) is 26.2 Å². The zero-order valence-electron chi connectivity index (χ0n) is 23.0. The zero-order valence-corrected chi connectivity index (χ0v) is 24.6. The molecule has 214 valence electrons. The number of carbonyl (C=O) groups is 2. The van der Waals surface area contributed by atoms with Crippen LogP contribution in [0.15, 0.2) is 83.8 Å². The van der Waals surface area contributed by atoms with E-state index in [0.717, 1.165) is 17.1 Å². The van der Waals surface area contributed by atoms with E-state index in [0.29, 0.717) is 29.3 Å². The summed E-state index contributed by atoms with van der Waals surface area (Å²) in [6.45, 7) is 3.83. The molecule has 0 heterocycles. The minimum Gasteiger partial charge on any atom is -0.497 e. The quantitative estimate of drug-likeness (QED) is 0.260. The average molecular weight is 586 g/mol. The molecule has 0 aliphatic carbocycles. The molecule has 3 aromatic rings. The van der Waals surface area contributed by atoms with Gasteiger partial charge in [0.05, 0.1) is 17.7 Å². The van der Waals surface area contributed by atoms with Crippen molar-refractivity contribution in [2.24, 2.45) is 0 Å². The summed E-state index contributed by atoms with van der Waals surface area (Å²) in [7, 11) is -2.67. The molecule has 40 heavy (non-hydrogen) atoms. The second-order valence-electron chi connectivity index (χ2n) is 9.21. The van der Waals surface area contributed by atoms with E-state index in [4.69, 9.17) is 16.3 Å². The Balaban J connectivity index is 2.05. The van der Waals surface area contributed by atoms with E-state index in [1.807, 2.05) is 13.8 Å². The lowest BCUT2D eigenvalue weighted by atomic mass is 10.1. The SMILES string of the molecule is CCCCNC(=O)[C@@H](CC)N(Cc1ccccc1Cl)C(=O)CN(c1cccc(OC)c1)S(=O)(=O)c1ccccc1. The number of benzene rings is 3. The number of nitrogens with one attached hydrogen (secondary N) is 1. The van der Waals surface area contributed by atoms with Gasteiger partial charge >= 0.3 is 0 Å². The van der Waals surface area contributed by atoms with Gasteiger partial charge in [-0.15, -0.1) is 0 Å². The predicted molar refractivity (Wildman–Crippen MR) is 158 cm³/mol. The number of methoxy groups -OCH3 is 1. The third kappa shape index (κ3) is 7.76. The maximum absolute atomic E-state index is 14.1. The Bertz CT molecular complexity index is 1380. The maximum atomic E-state index is 14.1. The van der Waals surface area contributed by atoms with Crippen molar-refractivity contribution in [2.45, 2.75) is 50.6 Å². The molecule has 10 heteroatoms. The van der Waals surface area contributed by atoms with Crippen molar-refractivity contribution in [3.63, 3.8) is 0 Å². The highest BCUT2D eigenvalue weighted by atomic mass is 35.5. The highest BCUT2D eigenvalue weighted by molar-refractivity contribution is 7.92. The summed E-state index contributed by atoms with van der Waals surface area (Å²) in [5.74, 6) is -0.400. The van der Waals surface area contributed by atoms with Gasteiger partial charge in [-0.2, -0.15) is 0 Å². The first-order chi connectivity index (χ1) is 19.2. The van der Waals surface area contributed by atoms with E-state index in [1.54, 1.807) is 66.7 Å². The summed E-state index contributed by atoms with van der Waals surface area (Å²) in [4.78, 5) is 28.8. The second-order valence-corrected chi connectivity index (χ2v) is 11.5. The summed E-state index contributed by atoms with van der Waals surface area (Å²) >= 11 is 6.43. The lowest BCUT2D eigenvalue weighted by Crippen LogP contribution is -2.52. The topological polar surface area (TPSA) is 96.0 Å². The predicted octanol–water partition coefficient (Wildman–Crippen LogP) is 5.27. The molecule has 2 amide bonds. The van der Waals surface area contributed by atoms with Crippen LogP contribution in [0, 0.1) is 0 Å². The molecule has 3 aromatic carbocycles. The summed E-state index contributed by atoms with van der Waals surface area (Å²) in [5, 5.41) is 3.36. The number of carbonyl (C=O) groups excluding carboxylic acids is 2. The van der Waals surface area contributed by atoms with E-state index >= 15 is 0 Å². The van der Waals surface area contributed by atoms with Crippen molar-refractivity contribution in [1.82, 2.24) is 10.2 Å². The molecule has 0 saturated heterocycles. The van der Waals surface area contributed by atoms with Crippen molar-refractivity contribution < 1.29 is 22.7 Å². The molecule has 1 N–H and O–H groups in total. The third-order valence-corrected chi connectivity index (χ3v) is 8.62. The van der Waals surface area contributed by atoms with Gasteiger partial charge in [0.15, 0.2) is 0 Å². The largest absolute Gasteiger partial charge is 0.497 e. The molecule has 0 spiro atoms. The molecular weight excluding hydrogens is 550 g/mol. The van der Waals surface area contributed by atoms with Crippen molar-refractivity contribution in [3.8, 4) is 5.75 Å². The van der Waals surface area contributed by atoms with Crippen molar-refractivity contribution >= 4 is 39.1 Å². The van der Waals surface area contributed by atoms with Gasteiger partial charge in [-0.3, -0.25) is 13.9 Å². The second kappa shape index (κ2) is 14.7. The zero-order chi connectivity index (χ0) is 29.1. The summed E-state index contributed by atoms with van der Waals surface area (Å²) in [6, 6.07) is 20.7. The summed E-state index contributed by atoms with van der Waals surface area (Å²) in [6.07, 6.45) is 2.05. The van der Waals surface area contributed by atoms with Crippen LogP contribution < -0.4 is 14.4 Å². The number of nitrogens with zero attached hydrogens (tertiary/aromatic N) is 2. The fraction of sp³-hybridized carbons (Fsp3) is 0.333. The molecule has 0 aliphatic rings. The molecular formula is C30H36ClN3O5S. The lowest BCUT2D eigenvalue weighted by molar-refractivity contribution is -0.140. The molecule has 3 rings (SSSR count). The molecule has 0 fully saturated rings. The molecule has 0 aliphatic heterocycles. The van der Waals surface area contributed by atoms with Gasteiger partial charge in [0.2, 0.25) is 11.8 Å². The van der Waals surface area contributed by atoms with Gasteiger partial charge in [0, 0.05) is 24.2 Å². The number of amides is 2. The summed E-state index contributed by atoms with van der Waals surface area (Å²) < 4.78 is 34.1. The van der Waals surface area contributed by atoms with Crippen LogP contribution in [0.3, 0.4) is 0 Å². The highest BCUT2D eigenvalue weighted by Crippen LogP contribution is 2.28. The first-order valence-electron chi connectivity index (χ1n) is 13.2. The number of hydrogen-bond donors (Lipinski definition) is 1. The maximum Gasteiger partial charge on any atom is 0.264 e. The van der Waals surface area contributed by atoms with E-state index in [1.165, 1.54) is 24.1 Å². The van der Waals surface area contributed by atoms with E-state index in [2.05, 4.69) is 5.32 Å². The molecule has 0 bridgehead atoms. The molecule has 1 atom stereocenters. The van der Waals surface area contributed by atoms with E-state index < -0.39 is 28.5 Å². The Morgan fingerprint density at radius 1 is 0.975 bits per heavy atom. The Hall–Kier alpha value is -3.56.